The van der Waals surface area contributed by atoms with E-state index >= 15 is 0 Å². The molecule has 0 fully saturated rings. The highest BCUT2D eigenvalue weighted by Gasteiger charge is 2.15. The third-order valence-corrected chi connectivity index (χ3v) is 3.26. The molecule has 0 aromatic carbocycles. The molecule has 5 heteroatoms. The smallest absolute Gasteiger partial charge is 0.407 e. The van der Waals surface area contributed by atoms with Crippen molar-refractivity contribution >= 4 is 17.4 Å². The number of hydrogen-bond donors (Lipinski definition) is 2. The van der Waals surface area contributed by atoms with Gasteiger partial charge < -0.3 is 15.4 Å². The van der Waals surface area contributed by atoms with Gasteiger partial charge in [0.15, 0.2) is 0 Å². The SMILES string of the molecule is CC(C)(C)OC(=O)NCCCNCCc1cccs1. The zero-order valence-corrected chi connectivity index (χ0v) is 12.8. The molecule has 0 radical (unpaired) electrons. The Hall–Kier alpha value is -1.07. The molecule has 19 heavy (non-hydrogen) atoms. The molecule has 1 aromatic heterocycles. The number of nitrogens with one attached hydrogen (secondary N) is 2. The van der Waals surface area contributed by atoms with E-state index in [1.54, 1.807) is 11.3 Å². The summed E-state index contributed by atoms with van der Waals surface area (Å²) in [4.78, 5) is 12.8. The van der Waals surface area contributed by atoms with Crippen molar-refractivity contribution in [1.29, 1.82) is 0 Å². The molecule has 0 saturated carbocycles. The summed E-state index contributed by atoms with van der Waals surface area (Å²) in [6.45, 7) is 8.10. The predicted octanol–water partition coefficient (Wildman–Crippen LogP) is 2.80. The molecule has 0 aliphatic heterocycles. The minimum Gasteiger partial charge on any atom is -0.444 e. The fourth-order valence-corrected chi connectivity index (χ4v) is 2.22. The van der Waals surface area contributed by atoms with Crippen LogP contribution in [0.25, 0.3) is 0 Å². The molecule has 0 saturated heterocycles. The summed E-state index contributed by atoms with van der Waals surface area (Å²) in [6.07, 6.45) is 1.63. The van der Waals surface area contributed by atoms with Crippen LogP contribution in [0.3, 0.4) is 0 Å². The van der Waals surface area contributed by atoms with Crippen molar-refractivity contribution in [3.63, 3.8) is 0 Å². The molecule has 0 spiro atoms. The van der Waals surface area contributed by atoms with Crippen LogP contribution in [0.5, 0.6) is 0 Å². The Balaban J connectivity index is 1.92. The van der Waals surface area contributed by atoms with Crippen LogP contribution >= 0.6 is 11.3 Å². The van der Waals surface area contributed by atoms with Crippen LogP contribution in [0.15, 0.2) is 17.5 Å². The molecule has 0 atom stereocenters. The van der Waals surface area contributed by atoms with Crippen molar-refractivity contribution in [2.24, 2.45) is 0 Å². The first-order valence-electron chi connectivity index (χ1n) is 6.67. The fraction of sp³-hybridized carbons (Fsp3) is 0.643. The molecule has 2 N–H and O–H groups in total. The van der Waals surface area contributed by atoms with Crippen molar-refractivity contribution in [1.82, 2.24) is 10.6 Å². The summed E-state index contributed by atoms with van der Waals surface area (Å²) in [6, 6.07) is 4.22. The summed E-state index contributed by atoms with van der Waals surface area (Å²) >= 11 is 1.79. The highest BCUT2D eigenvalue weighted by molar-refractivity contribution is 7.09. The lowest BCUT2D eigenvalue weighted by Crippen LogP contribution is -2.34. The molecule has 0 aliphatic carbocycles. The fourth-order valence-electron chi connectivity index (χ4n) is 1.51. The first-order valence-corrected chi connectivity index (χ1v) is 7.55. The monoisotopic (exact) mass is 284 g/mol. The van der Waals surface area contributed by atoms with E-state index in [1.165, 1.54) is 4.88 Å². The van der Waals surface area contributed by atoms with E-state index in [1.807, 2.05) is 20.8 Å². The summed E-state index contributed by atoms with van der Waals surface area (Å²) in [5.41, 5.74) is -0.428. The van der Waals surface area contributed by atoms with Gasteiger partial charge in [-0.2, -0.15) is 0 Å². The topological polar surface area (TPSA) is 50.4 Å². The van der Waals surface area contributed by atoms with Crippen molar-refractivity contribution in [2.75, 3.05) is 19.6 Å². The maximum Gasteiger partial charge on any atom is 0.407 e. The van der Waals surface area contributed by atoms with Gasteiger partial charge in [0.1, 0.15) is 5.60 Å². The second kappa shape index (κ2) is 8.17. The van der Waals surface area contributed by atoms with Gasteiger partial charge in [-0.3, -0.25) is 0 Å². The largest absolute Gasteiger partial charge is 0.444 e. The lowest BCUT2D eigenvalue weighted by molar-refractivity contribution is 0.0527. The number of ether oxygens (including phenoxy) is 1. The lowest BCUT2D eigenvalue weighted by atomic mass is 10.2. The van der Waals surface area contributed by atoms with Gasteiger partial charge in [0, 0.05) is 11.4 Å². The molecule has 1 amide bonds. The maximum atomic E-state index is 11.4. The number of amides is 1. The second-order valence-corrected chi connectivity index (χ2v) is 6.39. The van der Waals surface area contributed by atoms with Crippen LogP contribution in [0, 0.1) is 0 Å². The van der Waals surface area contributed by atoms with E-state index < -0.39 is 5.60 Å². The lowest BCUT2D eigenvalue weighted by Gasteiger charge is -2.19. The normalized spacial score (nSPS) is 11.3. The Bertz CT molecular complexity index is 358. The Labute approximate surface area is 119 Å². The Morgan fingerprint density at radius 2 is 2.11 bits per heavy atom. The first kappa shape index (κ1) is 16.0. The Morgan fingerprint density at radius 1 is 1.32 bits per heavy atom. The van der Waals surface area contributed by atoms with E-state index in [0.29, 0.717) is 6.54 Å². The maximum absolute atomic E-state index is 11.4. The van der Waals surface area contributed by atoms with Gasteiger partial charge in [-0.15, -0.1) is 11.3 Å². The summed E-state index contributed by atoms with van der Waals surface area (Å²) < 4.78 is 5.15. The number of hydrogen-bond acceptors (Lipinski definition) is 4. The second-order valence-electron chi connectivity index (χ2n) is 5.36. The Morgan fingerprint density at radius 3 is 2.74 bits per heavy atom. The third kappa shape index (κ3) is 8.61. The third-order valence-electron chi connectivity index (χ3n) is 2.33. The van der Waals surface area contributed by atoms with Gasteiger partial charge in [0.25, 0.3) is 0 Å². The molecule has 0 aliphatic rings. The van der Waals surface area contributed by atoms with Crippen molar-refractivity contribution in [3.05, 3.63) is 22.4 Å². The van der Waals surface area contributed by atoms with E-state index in [0.717, 1.165) is 25.9 Å². The summed E-state index contributed by atoms with van der Waals surface area (Å²) in [5, 5.41) is 8.20. The minimum atomic E-state index is -0.428. The highest BCUT2D eigenvalue weighted by Crippen LogP contribution is 2.08. The molecule has 1 aromatic rings. The molecule has 108 valence electrons. The van der Waals surface area contributed by atoms with Gasteiger partial charge >= 0.3 is 6.09 Å². The summed E-state index contributed by atoms with van der Waals surface area (Å²) in [7, 11) is 0. The predicted molar refractivity (Wildman–Crippen MR) is 79.7 cm³/mol. The van der Waals surface area contributed by atoms with Crippen LogP contribution in [-0.4, -0.2) is 31.3 Å². The van der Waals surface area contributed by atoms with E-state index in [2.05, 4.69) is 28.1 Å². The number of carbonyl (C=O) groups is 1. The molecular weight excluding hydrogens is 260 g/mol. The molecule has 0 unspecified atom stereocenters. The standard InChI is InChI=1S/C14H24N2O2S/c1-14(2,3)18-13(17)16-9-5-8-15-10-7-12-6-4-11-19-12/h4,6,11,15H,5,7-10H2,1-3H3,(H,16,17). The average molecular weight is 284 g/mol. The minimum absolute atomic E-state index is 0.342. The van der Waals surface area contributed by atoms with Gasteiger partial charge in [0.2, 0.25) is 0 Å². The zero-order valence-electron chi connectivity index (χ0n) is 12.0. The van der Waals surface area contributed by atoms with Gasteiger partial charge in [0.05, 0.1) is 0 Å². The van der Waals surface area contributed by atoms with Crippen molar-refractivity contribution in [3.8, 4) is 0 Å². The van der Waals surface area contributed by atoms with Crippen LogP contribution in [0.2, 0.25) is 0 Å². The number of alkyl carbamates (subject to hydrolysis) is 1. The van der Waals surface area contributed by atoms with Crippen molar-refractivity contribution in [2.45, 2.75) is 39.2 Å². The Kier molecular flexibility index (Phi) is 6.87. The zero-order chi connectivity index (χ0) is 14.1. The van der Waals surface area contributed by atoms with Crippen LogP contribution < -0.4 is 10.6 Å². The van der Waals surface area contributed by atoms with Crippen LogP contribution in [0.1, 0.15) is 32.1 Å². The van der Waals surface area contributed by atoms with Crippen LogP contribution in [0.4, 0.5) is 4.79 Å². The summed E-state index contributed by atoms with van der Waals surface area (Å²) in [5.74, 6) is 0. The molecule has 1 heterocycles. The number of thiophene rings is 1. The van der Waals surface area contributed by atoms with E-state index in [-0.39, 0.29) is 6.09 Å². The van der Waals surface area contributed by atoms with Crippen LogP contribution in [-0.2, 0) is 11.2 Å². The molecule has 1 rings (SSSR count). The van der Waals surface area contributed by atoms with Crippen molar-refractivity contribution < 1.29 is 9.53 Å². The number of rotatable bonds is 7. The van der Waals surface area contributed by atoms with E-state index in [9.17, 15) is 4.79 Å². The number of carbonyl (C=O) groups excluding carboxylic acids is 1. The van der Waals surface area contributed by atoms with E-state index in [4.69, 9.17) is 4.74 Å². The van der Waals surface area contributed by atoms with Gasteiger partial charge in [-0.25, -0.2) is 4.79 Å². The highest BCUT2D eigenvalue weighted by atomic mass is 32.1. The molecular formula is C14H24N2O2S. The molecule has 0 bridgehead atoms. The average Bonchev–Trinajstić information content (AvgIpc) is 2.78. The van der Waals surface area contributed by atoms with Gasteiger partial charge in [-0.1, -0.05) is 6.07 Å². The first-order chi connectivity index (χ1) is 8.97. The quantitative estimate of drug-likeness (QED) is 0.757. The molecule has 4 nitrogen and oxygen atoms in total. The van der Waals surface area contributed by atoms with Gasteiger partial charge in [-0.05, 0) is 58.1 Å².